The van der Waals surface area contributed by atoms with Crippen molar-refractivity contribution in [3.05, 3.63) is 0 Å². The van der Waals surface area contributed by atoms with E-state index in [1.807, 2.05) is 11.8 Å². The van der Waals surface area contributed by atoms with Crippen molar-refractivity contribution in [1.82, 2.24) is 10.2 Å². The monoisotopic (exact) mass is 286 g/mol. The van der Waals surface area contributed by atoms with Gasteiger partial charge in [-0.1, -0.05) is 6.42 Å². The van der Waals surface area contributed by atoms with Crippen molar-refractivity contribution >= 4 is 23.8 Å². The Bertz CT molecular complexity index is 328. The van der Waals surface area contributed by atoms with E-state index in [2.05, 4.69) is 5.32 Å². The van der Waals surface area contributed by atoms with Gasteiger partial charge in [-0.05, 0) is 31.4 Å². The Kier molecular flexibility index (Phi) is 5.36. The first kappa shape index (κ1) is 14.5. The molecule has 1 unspecified atom stereocenters. The second-order valence-electron chi connectivity index (χ2n) is 5.24. The molecule has 1 aliphatic carbocycles. The molecule has 2 rings (SSSR count). The summed E-state index contributed by atoms with van der Waals surface area (Å²) in [5, 5.41) is 12.2. The third kappa shape index (κ3) is 4.93. The minimum absolute atomic E-state index is 0.0299. The van der Waals surface area contributed by atoms with Crippen LogP contribution in [0.2, 0.25) is 0 Å². The summed E-state index contributed by atoms with van der Waals surface area (Å²) in [5.41, 5.74) is 0. The van der Waals surface area contributed by atoms with Crippen LogP contribution in [0.1, 0.15) is 38.5 Å². The van der Waals surface area contributed by atoms with Crippen LogP contribution >= 0.6 is 11.8 Å². The van der Waals surface area contributed by atoms with Crippen LogP contribution in [0.3, 0.4) is 0 Å². The number of carboxylic acid groups (broad SMARTS) is 1. The van der Waals surface area contributed by atoms with E-state index in [1.54, 1.807) is 4.90 Å². The number of nitrogens with zero attached hydrogens (tertiary/aromatic N) is 1. The lowest BCUT2D eigenvalue weighted by atomic mass is 10.2. The lowest BCUT2D eigenvalue weighted by molar-refractivity contribution is -0.137. The molecule has 2 amide bonds. The number of hydrogen-bond donors (Lipinski definition) is 2. The highest BCUT2D eigenvalue weighted by molar-refractivity contribution is 7.99. The predicted molar refractivity (Wildman–Crippen MR) is 75.5 cm³/mol. The van der Waals surface area contributed by atoms with Crippen molar-refractivity contribution in [2.45, 2.75) is 49.8 Å². The van der Waals surface area contributed by atoms with Gasteiger partial charge in [0.2, 0.25) is 0 Å². The van der Waals surface area contributed by atoms with Gasteiger partial charge in [0.15, 0.2) is 0 Å². The number of carbonyl (C=O) groups is 2. The second kappa shape index (κ2) is 7.03. The summed E-state index contributed by atoms with van der Waals surface area (Å²) in [7, 11) is 0. The van der Waals surface area contributed by atoms with Crippen molar-refractivity contribution in [3.63, 3.8) is 0 Å². The fraction of sp³-hybridized carbons (Fsp3) is 0.846. The Morgan fingerprint density at radius 3 is 2.63 bits per heavy atom. The topological polar surface area (TPSA) is 69.6 Å². The van der Waals surface area contributed by atoms with Crippen LogP contribution in [0.15, 0.2) is 0 Å². The largest absolute Gasteiger partial charge is 0.481 e. The van der Waals surface area contributed by atoms with Gasteiger partial charge < -0.3 is 15.3 Å². The van der Waals surface area contributed by atoms with E-state index in [4.69, 9.17) is 5.11 Å². The van der Waals surface area contributed by atoms with Crippen molar-refractivity contribution in [1.29, 1.82) is 0 Å². The molecule has 0 aromatic carbocycles. The predicted octanol–water partition coefficient (Wildman–Crippen LogP) is 1.92. The quantitative estimate of drug-likeness (QED) is 0.782. The highest BCUT2D eigenvalue weighted by atomic mass is 32.2. The molecule has 0 bridgehead atoms. The van der Waals surface area contributed by atoms with Gasteiger partial charge in [0, 0.05) is 24.4 Å². The maximum atomic E-state index is 12.1. The minimum Gasteiger partial charge on any atom is -0.481 e. The molecule has 0 aromatic heterocycles. The zero-order valence-electron chi connectivity index (χ0n) is 11.1. The summed E-state index contributed by atoms with van der Waals surface area (Å²) in [4.78, 5) is 24.4. The van der Waals surface area contributed by atoms with Crippen LogP contribution in [-0.4, -0.2) is 52.1 Å². The summed E-state index contributed by atoms with van der Waals surface area (Å²) in [5.74, 6) is 0.340. The molecule has 1 atom stereocenters. The molecule has 1 saturated carbocycles. The van der Waals surface area contributed by atoms with E-state index in [-0.39, 0.29) is 18.5 Å². The van der Waals surface area contributed by atoms with Crippen molar-refractivity contribution in [3.8, 4) is 0 Å². The van der Waals surface area contributed by atoms with Gasteiger partial charge in [-0.15, -0.1) is 0 Å². The van der Waals surface area contributed by atoms with Gasteiger partial charge in [-0.3, -0.25) is 4.79 Å². The Morgan fingerprint density at radius 1 is 1.26 bits per heavy atom. The summed E-state index contributed by atoms with van der Waals surface area (Å²) in [6.07, 6.45) is 5.74. The molecular weight excluding hydrogens is 264 g/mol. The number of carbonyl (C=O) groups excluding carboxylic acids is 1. The van der Waals surface area contributed by atoms with E-state index in [9.17, 15) is 9.59 Å². The van der Waals surface area contributed by atoms with Gasteiger partial charge in [0.25, 0.3) is 0 Å². The third-order valence-electron chi connectivity index (χ3n) is 3.57. The number of thioether (sulfide) groups is 1. The van der Waals surface area contributed by atoms with E-state index in [0.717, 1.165) is 12.8 Å². The number of amides is 2. The van der Waals surface area contributed by atoms with Gasteiger partial charge in [-0.2, -0.15) is 11.8 Å². The van der Waals surface area contributed by atoms with E-state index >= 15 is 0 Å². The normalized spacial score (nSPS) is 22.8. The standard InChI is InChI=1S/C13H22N2O3S/c16-12(17)6-7-15(10-4-5-10)13(18)14-9-11-3-1-2-8-19-11/h10-11H,1-9H2,(H,14,18)(H,16,17). The molecule has 1 heterocycles. The Hall–Kier alpha value is -0.910. The molecule has 2 N–H and O–H groups in total. The average Bonchev–Trinajstić information content (AvgIpc) is 3.22. The number of aliphatic carboxylic acids is 1. The van der Waals surface area contributed by atoms with Crippen LogP contribution < -0.4 is 5.32 Å². The highest BCUT2D eigenvalue weighted by Crippen LogP contribution is 2.27. The minimum atomic E-state index is -0.846. The number of urea groups is 1. The lowest BCUT2D eigenvalue weighted by Gasteiger charge is -2.25. The second-order valence-corrected chi connectivity index (χ2v) is 6.65. The first-order chi connectivity index (χ1) is 9.16. The van der Waals surface area contributed by atoms with Gasteiger partial charge in [-0.25, -0.2) is 4.79 Å². The number of rotatable bonds is 6. The Balaban J connectivity index is 1.73. The first-order valence-corrected chi connectivity index (χ1v) is 8.09. The zero-order valence-corrected chi connectivity index (χ0v) is 12.0. The van der Waals surface area contributed by atoms with Crippen LogP contribution in [0.5, 0.6) is 0 Å². The van der Waals surface area contributed by atoms with E-state index < -0.39 is 5.97 Å². The Morgan fingerprint density at radius 2 is 2.05 bits per heavy atom. The number of nitrogens with one attached hydrogen (secondary N) is 1. The van der Waals surface area contributed by atoms with Crippen LogP contribution in [-0.2, 0) is 4.79 Å². The Labute approximate surface area is 118 Å². The molecule has 6 heteroatoms. The van der Waals surface area contributed by atoms with Crippen LogP contribution in [0.4, 0.5) is 4.79 Å². The molecule has 2 fully saturated rings. The first-order valence-electron chi connectivity index (χ1n) is 7.04. The molecule has 19 heavy (non-hydrogen) atoms. The fourth-order valence-electron chi connectivity index (χ4n) is 2.32. The van der Waals surface area contributed by atoms with Gasteiger partial charge >= 0.3 is 12.0 Å². The maximum absolute atomic E-state index is 12.1. The van der Waals surface area contributed by atoms with Gasteiger partial charge in [0.1, 0.15) is 0 Å². The van der Waals surface area contributed by atoms with Crippen LogP contribution in [0, 0.1) is 0 Å². The third-order valence-corrected chi connectivity index (χ3v) is 4.97. The SMILES string of the molecule is O=C(O)CCN(C(=O)NCC1CCCCS1)C1CC1. The average molecular weight is 286 g/mol. The molecular formula is C13H22N2O3S. The summed E-state index contributed by atoms with van der Waals surface area (Å²) >= 11 is 1.93. The number of hydrogen-bond acceptors (Lipinski definition) is 3. The van der Waals surface area contributed by atoms with Crippen molar-refractivity contribution in [2.75, 3.05) is 18.8 Å². The molecule has 0 radical (unpaired) electrons. The molecule has 0 aromatic rings. The zero-order chi connectivity index (χ0) is 13.7. The van der Waals surface area contributed by atoms with Crippen molar-refractivity contribution in [2.24, 2.45) is 0 Å². The van der Waals surface area contributed by atoms with Crippen molar-refractivity contribution < 1.29 is 14.7 Å². The summed E-state index contributed by atoms with van der Waals surface area (Å²) in [6.45, 7) is 1.03. The smallest absolute Gasteiger partial charge is 0.317 e. The van der Waals surface area contributed by atoms with Gasteiger partial charge in [0.05, 0.1) is 6.42 Å². The number of carboxylic acids is 1. The molecule has 1 aliphatic heterocycles. The molecule has 1 saturated heterocycles. The summed E-state index contributed by atoms with van der Waals surface area (Å²) < 4.78 is 0. The molecule has 2 aliphatic rings. The van der Waals surface area contributed by atoms with E-state index in [0.29, 0.717) is 18.3 Å². The highest BCUT2D eigenvalue weighted by Gasteiger charge is 2.32. The summed E-state index contributed by atoms with van der Waals surface area (Å²) in [6, 6.07) is 0.174. The van der Waals surface area contributed by atoms with Crippen LogP contribution in [0.25, 0.3) is 0 Å². The van der Waals surface area contributed by atoms with E-state index in [1.165, 1.54) is 25.0 Å². The molecule has 5 nitrogen and oxygen atoms in total. The lowest BCUT2D eigenvalue weighted by Crippen LogP contribution is -2.44. The molecule has 108 valence electrons. The fourth-order valence-corrected chi connectivity index (χ4v) is 3.56. The molecule has 0 spiro atoms. The maximum Gasteiger partial charge on any atom is 0.317 e.